The number of aliphatic hydroxyl groups excluding tert-OH is 7. The van der Waals surface area contributed by atoms with E-state index in [1.807, 2.05) is 109 Å². The summed E-state index contributed by atoms with van der Waals surface area (Å²) in [6.07, 6.45) is 1.23. The zero-order valence-electron chi connectivity index (χ0n) is 36.5. The maximum absolute atomic E-state index is 14.4. The van der Waals surface area contributed by atoms with Crippen LogP contribution in [-0.2, 0) is 0 Å². The summed E-state index contributed by atoms with van der Waals surface area (Å²) in [7, 11) is 4.05. The zero-order valence-corrected chi connectivity index (χ0v) is 36.5. The number of benzene rings is 7. The van der Waals surface area contributed by atoms with Crippen molar-refractivity contribution in [1.82, 2.24) is 0 Å². The molecule has 66 heavy (non-hydrogen) atoms. The van der Waals surface area contributed by atoms with E-state index < -0.39 is 85.5 Å². The lowest BCUT2D eigenvalue weighted by atomic mass is 9.75. The van der Waals surface area contributed by atoms with Crippen molar-refractivity contribution in [2.75, 3.05) is 4.90 Å². The minimum absolute atomic E-state index is 0.143. The monoisotopic (exact) mass is 879 g/mol. The molecule has 328 valence electrons. The van der Waals surface area contributed by atoms with Crippen LogP contribution in [0.4, 0.5) is 11.4 Å². The summed E-state index contributed by atoms with van der Waals surface area (Å²) in [4.78, 5) is 16.0. The van der Waals surface area contributed by atoms with E-state index in [9.17, 15) is 55.9 Å². The molecule has 0 amide bonds. The van der Waals surface area contributed by atoms with Crippen molar-refractivity contribution in [2.24, 2.45) is 0 Å². The van der Waals surface area contributed by atoms with Crippen molar-refractivity contribution >= 4 is 78.7 Å². The minimum atomic E-state index is -1.05. The number of carbonyl (C=O) groups excluding carboxylic acids is 1. The van der Waals surface area contributed by atoms with Gasteiger partial charge in [-0.25, -0.2) is 0 Å². The van der Waals surface area contributed by atoms with E-state index >= 15 is 0 Å². The summed E-state index contributed by atoms with van der Waals surface area (Å²) in [5.74, 6) is -9.11. The summed E-state index contributed by atoms with van der Waals surface area (Å²) in [5, 5.41) is 114. The van der Waals surface area contributed by atoms with Crippen LogP contribution in [0.2, 0.25) is 0 Å². The van der Waals surface area contributed by atoms with Crippen LogP contribution < -0.4 is 15.8 Å². The number of anilines is 2. The molecule has 10 N–H and O–H groups in total. The van der Waals surface area contributed by atoms with Gasteiger partial charge in [0.25, 0.3) is 0 Å². The van der Waals surface area contributed by atoms with Gasteiger partial charge >= 0.3 is 0 Å². The van der Waals surface area contributed by atoms with Gasteiger partial charge in [0, 0.05) is 27.7 Å². The van der Waals surface area contributed by atoms with Crippen LogP contribution in [0.5, 0.6) is 17.2 Å². The number of Topliss-reactive ketones (excluding diaryl/α,β-unsaturated/α-hetero) is 1. The van der Waals surface area contributed by atoms with Gasteiger partial charge in [-0.2, -0.15) is 0 Å². The van der Waals surface area contributed by atoms with Crippen molar-refractivity contribution < 1.29 is 55.9 Å². The molecule has 0 unspecified atom stereocenters. The second kappa shape index (κ2) is 18.3. The van der Waals surface area contributed by atoms with Crippen LogP contribution in [0.3, 0.4) is 0 Å². The predicted molar refractivity (Wildman–Crippen MR) is 267 cm³/mol. The molecule has 0 fully saturated rings. The van der Waals surface area contributed by atoms with Crippen molar-refractivity contribution in [2.45, 2.75) is 13.8 Å². The largest absolute Gasteiger partial charge is 0.509 e. The summed E-state index contributed by atoms with van der Waals surface area (Å²) in [5.41, 5.74) is 0.996. The van der Waals surface area contributed by atoms with Gasteiger partial charge in [0.2, 0.25) is 0 Å². The van der Waals surface area contributed by atoms with Gasteiger partial charge in [-0.05, 0) is 81.9 Å². The Bertz CT molecular complexity index is 3230. The highest BCUT2D eigenvalue weighted by Crippen LogP contribution is 2.44. The molecule has 0 aliphatic carbocycles. The molecule has 0 spiro atoms. The molecular weight excluding hydrogens is 835 g/mol. The Labute approximate surface area is 382 Å². The van der Waals surface area contributed by atoms with Crippen molar-refractivity contribution in [3.8, 4) is 39.5 Å². The third kappa shape index (κ3) is 8.33. The summed E-state index contributed by atoms with van der Waals surface area (Å²) < 4.78 is 0. The Morgan fingerprint density at radius 2 is 1.12 bits per heavy atom. The number of phenols is 3. The Kier molecular flexibility index (Phi) is 12.6. The molecule has 0 aliphatic heterocycles. The van der Waals surface area contributed by atoms with Crippen LogP contribution in [0.1, 0.15) is 29.8 Å². The van der Waals surface area contributed by atoms with E-state index in [0.29, 0.717) is 11.4 Å². The molecule has 12 nitrogen and oxygen atoms in total. The fourth-order valence-electron chi connectivity index (χ4n) is 7.83. The van der Waals surface area contributed by atoms with Crippen molar-refractivity contribution in [1.29, 1.82) is 0 Å². The molecule has 15 heteroatoms. The van der Waals surface area contributed by atoms with Crippen LogP contribution in [0.15, 0.2) is 179 Å². The lowest BCUT2D eigenvalue weighted by Gasteiger charge is -2.24. The fraction of sp³-hybridized carbons (Fsp3) is 0.0392. The molecule has 7 aromatic carbocycles. The van der Waals surface area contributed by atoms with E-state index in [2.05, 4.69) is 0 Å². The molecule has 7 aromatic rings. The molecule has 0 atom stereocenters. The normalized spacial score (nSPS) is 13.4. The second-order valence-electron chi connectivity index (χ2n) is 15.8. The summed E-state index contributed by atoms with van der Waals surface area (Å²) in [6.45, 7) is 2.19. The first-order valence-electron chi connectivity index (χ1n) is 20.6. The minimum Gasteiger partial charge on any atom is -0.509 e. The quantitative estimate of drug-likeness (QED) is 0.0115. The number of aromatic hydroxyl groups is 3. The smallest absolute Gasteiger partial charge is 0.195 e. The number of carbonyl (C=O) groups is 1. The summed E-state index contributed by atoms with van der Waals surface area (Å²) >= 11 is 0. The number of aliphatic hydroxyl groups is 7. The van der Waals surface area contributed by atoms with Crippen molar-refractivity contribution in [3.63, 3.8) is 0 Å². The topological polar surface area (TPSA) is 223 Å². The SMILES string of the molecule is B/C(C(=O)c1cc(C(/C(O)=C(\C)O)=C(O)/C(O)=C/N(c2ccc(-c3cccc4ccccc34)cc2)c2cccc3ccccc23)ccc1-c1c(O)c(B)c(B)c(O)c1O)=C(O)/C(O)=C(\C)O. The van der Waals surface area contributed by atoms with Gasteiger partial charge < -0.3 is 56.0 Å². The molecule has 0 saturated heterocycles. The first-order valence-corrected chi connectivity index (χ1v) is 20.6. The standard InChI is InChI=1S/C51H44B3NO11/c1-25(56)44(59)39(30-19-22-35(40-48(63)41(52)42(53)50(65)49(40)64)36(23-30)46(61)43(54)51(66)45(60)26(2)57)47(62)38(58)24-55(37-16-8-12-28-10-4-6-14-34(28)37)31-20-17-29(18-21-31)33-15-7-11-27-9-3-5-13-32(27)33/h3-24,56-60,62-66H,52-54H2,1-2H3/b38-24-,44-25-,45-26-,47-39+,51-43-. The number of fused-ring (bicyclic) bond motifs is 2. The predicted octanol–water partition coefficient (Wildman–Crippen LogP) is 7.75. The van der Waals surface area contributed by atoms with Gasteiger partial charge in [-0.15, -0.1) is 0 Å². The average molecular weight is 879 g/mol. The third-order valence-electron chi connectivity index (χ3n) is 11.6. The molecule has 0 bridgehead atoms. The lowest BCUT2D eigenvalue weighted by Crippen LogP contribution is -2.26. The van der Waals surface area contributed by atoms with Gasteiger partial charge in [-0.3, -0.25) is 4.79 Å². The molecule has 0 aliphatic rings. The fourth-order valence-corrected chi connectivity index (χ4v) is 7.83. The molecule has 7 rings (SSSR count). The van der Waals surface area contributed by atoms with E-state index in [0.717, 1.165) is 60.4 Å². The van der Waals surface area contributed by atoms with Crippen LogP contribution in [-0.4, -0.2) is 80.4 Å². The number of phenolic OH excluding ortho intramolecular Hbond substituents is 3. The second-order valence-corrected chi connectivity index (χ2v) is 15.8. The van der Waals surface area contributed by atoms with Crippen molar-refractivity contribution in [3.05, 3.63) is 191 Å². The van der Waals surface area contributed by atoms with E-state index in [4.69, 9.17) is 0 Å². The Morgan fingerprint density at radius 3 is 1.76 bits per heavy atom. The highest BCUT2D eigenvalue weighted by atomic mass is 16.3. The van der Waals surface area contributed by atoms with Gasteiger partial charge in [0.15, 0.2) is 46.1 Å². The van der Waals surface area contributed by atoms with Crippen LogP contribution >= 0.6 is 0 Å². The first kappa shape index (κ1) is 45.4. The Balaban J connectivity index is 1.46. The van der Waals surface area contributed by atoms with E-state index in [-0.39, 0.29) is 22.1 Å². The van der Waals surface area contributed by atoms with Gasteiger partial charge in [-0.1, -0.05) is 103 Å². The average Bonchev–Trinajstić information content (AvgIpc) is 3.33. The van der Waals surface area contributed by atoms with E-state index in [1.54, 1.807) is 4.90 Å². The Hall–Kier alpha value is -8.58. The number of rotatable bonds is 11. The highest BCUT2D eigenvalue weighted by molar-refractivity contribution is 6.52. The number of allylic oxidation sites excluding steroid dienone is 4. The van der Waals surface area contributed by atoms with E-state index in [1.165, 1.54) is 34.0 Å². The number of ketones is 1. The highest BCUT2D eigenvalue weighted by Gasteiger charge is 2.29. The lowest BCUT2D eigenvalue weighted by molar-refractivity contribution is 0.103. The number of hydrogen-bond donors (Lipinski definition) is 10. The van der Waals surface area contributed by atoms with Crippen LogP contribution in [0, 0.1) is 0 Å². The molecule has 0 heterocycles. The molecule has 0 radical (unpaired) electrons. The van der Waals surface area contributed by atoms with Gasteiger partial charge in [0.05, 0.1) is 23.0 Å². The molecule has 0 aromatic heterocycles. The Morgan fingerprint density at radius 1 is 0.561 bits per heavy atom. The third-order valence-corrected chi connectivity index (χ3v) is 11.6. The number of hydrogen-bond acceptors (Lipinski definition) is 12. The molecule has 0 saturated carbocycles. The maximum Gasteiger partial charge on any atom is 0.195 e. The number of nitrogens with zero attached hydrogens (tertiary/aromatic N) is 1. The van der Waals surface area contributed by atoms with Crippen LogP contribution in [0.25, 0.3) is 49.4 Å². The van der Waals surface area contributed by atoms with Gasteiger partial charge in [0.1, 0.15) is 40.8 Å². The summed E-state index contributed by atoms with van der Waals surface area (Å²) in [6, 6.07) is 38.3. The molecular formula is C51H44B3NO11. The first-order chi connectivity index (χ1) is 31.4. The zero-order chi connectivity index (χ0) is 47.7. The maximum atomic E-state index is 14.4.